The molecule has 2 aromatic heterocycles. The van der Waals surface area contributed by atoms with Gasteiger partial charge >= 0.3 is 0 Å². The van der Waals surface area contributed by atoms with E-state index in [1.54, 1.807) is 37.1 Å². The number of hydrogen-bond donors (Lipinski definition) is 1. The molecule has 3 aromatic rings. The number of aromatic nitrogens is 3. The van der Waals surface area contributed by atoms with Gasteiger partial charge in [-0.3, -0.25) is 4.79 Å². The summed E-state index contributed by atoms with van der Waals surface area (Å²) >= 11 is 7.91. The third-order valence-corrected chi connectivity index (χ3v) is 8.57. The van der Waals surface area contributed by atoms with Gasteiger partial charge in [0.05, 0.1) is 41.1 Å². The zero-order chi connectivity index (χ0) is 28.6. The van der Waals surface area contributed by atoms with Gasteiger partial charge in [0.15, 0.2) is 16.7 Å². The topological polar surface area (TPSA) is 121 Å². The van der Waals surface area contributed by atoms with Crippen LogP contribution in [-0.2, 0) is 21.0 Å². The molecule has 39 heavy (non-hydrogen) atoms. The molecular formula is C26H34ClN5O5SSi. The Hall–Kier alpha value is -2.82. The fourth-order valence-corrected chi connectivity index (χ4v) is 5.29. The van der Waals surface area contributed by atoms with Gasteiger partial charge < -0.3 is 28.8 Å². The van der Waals surface area contributed by atoms with Gasteiger partial charge in [-0.2, -0.15) is 5.26 Å². The smallest absolute Gasteiger partial charge is 0.230 e. The molecular weight excluding hydrogens is 558 g/mol. The summed E-state index contributed by atoms with van der Waals surface area (Å²) in [5.74, 6) is 0.868. The average molecular weight is 592 g/mol. The van der Waals surface area contributed by atoms with Crippen molar-refractivity contribution in [2.45, 2.75) is 37.6 Å². The lowest BCUT2D eigenvalue weighted by Gasteiger charge is -2.16. The minimum atomic E-state index is -1.27. The second-order valence-corrected chi connectivity index (χ2v) is 16.8. The SMILES string of the molecule is CNC(=O)CSc1nc(-c2cc(OCCOC)c(OC)cc2Cl)c2c(C#N)cn(COCC[Si](C)(C)C)c2n1. The second-order valence-electron chi connectivity index (χ2n) is 9.81. The first-order valence-corrected chi connectivity index (χ1v) is 17.4. The predicted molar refractivity (Wildman–Crippen MR) is 156 cm³/mol. The van der Waals surface area contributed by atoms with Gasteiger partial charge in [0.1, 0.15) is 25.1 Å². The number of hydrogen-bond acceptors (Lipinski definition) is 9. The van der Waals surface area contributed by atoms with E-state index in [-0.39, 0.29) is 18.4 Å². The van der Waals surface area contributed by atoms with Crippen molar-refractivity contribution in [3.05, 3.63) is 28.9 Å². The summed E-state index contributed by atoms with van der Waals surface area (Å²) in [6, 6.07) is 6.65. The van der Waals surface area contributed by atoms with Crippen molar-refractivity contribution < 1.29 is 23.7 Å². The van der Waals surface area contributed by atoms with E-state index >= 15 is 0 Å². The molecule has 3 rings (SSSR count). The molecule has 210 valence electrons. The summed E-state index contributed by atoms with van der Waals surface area (Å²) in [5, 5.41) is 13.9. The van der Waals surface area contributed by atoms with Gasteiger partial charge in [-0.25, -0.2) is 9.97 Å². The predicted octanol–water partition coefficient (Wildman–Crippen LogP) is 4.81. The van der Waals surface area contributed by atoms with Crippen molar-refractivity contribution in [1.82, 2.24) is 19.9 Å². The van der Waals surface area contributed by atoms with E-state index < -0.39 is 8.07 Å². The van der Waals surface area contributed by atoms with Crippen LogP contribution < -0.4 is 14.8 Å². The van der Waals surface area contributed by atoms with Crippen LogP contribution in [0.3, 0.4) is 0 Å². The summed E-state index contributed by atoms with van der Waals surface area (Å²) in [6.07, 6.45) is 1.71. The molecule has 0 radical (unpaired) electrons. The number of carbonyl (C=O) groups is 1. The van der Waals surface area contributed by atoms with Crippen molar-refractivity contribution in [2.75, 3.05) is 46.8 Å². The first-order chi connectivity index (χ1) is 18.6. The molecule has 1 amide bonds. The first-order valence-electron chi connectivity index (χ1n) is 12.3. The van der Waals surface area contributed by atoms with Gasteiger partial charge in [0, 0.05) is 46.7 Å². The summed E-state index contributed by atoms with van der Waals surface area (Å²) in [6.45, 7) is 8.39. The number of fused-ring (bicyclic) bond motifs is 1. The number of nitrogens with one attached hydrogen (secondary N) is 1. The molecule has 0 fully saturated rings. The molecule has 0 atom stereocenters. The standard InChI is InChI=1S/C26H34ClN5O5SSi/c1-29-22(33)15-38-26-30-24(18-11-21(37-8-7-34-2)20(35-3)12-19(18)27)23-17(13-28)14-32(25(23)31-26)16-36-9-10-39(4,5)6/h11-12,14H,7-10,15-16H2,1-6H3,(H,29,33). The Morgan fingerprint density at radius 3 is 2.59 bits per heavy atom. The van der Waals surface area contributed by atoms with Crippen LogP contribution in [0.2, 0.25) is 30.7 Å². The summed E-state index contributed by atoms with van der Waals surface area (Å²) < 4.78 is 24.2. The van der Waals surface area contributed by atoms with E-state index in [0.29, 0.717) is 69.4 Å². The number of rotatable bonds is 14. The molecule has 0 unspecified atom stereocenters. The Kier molecular flexibility index (Phi) is 11.0. The highest BCUT2D eigenvalue weighted by atomic mass is 35.5. The summed E-state index contributed by atoms with van der Waals surface area (Å²) in [7, 11) is 3.42. The normalized spacial score (nSPS) is 11.4. The van der Waals surface area contributed by atoms with E-state index in [1.165, 1.54) is 18.9 Å². The van der Waals surface area contributed by atoms with Crippen molar-refractivity contribution in [3.63, 3.8) is 0 Å². The van der Waals surface area contributed by atoms with Crippen LogP contribution in [0.15, 0.2) is 23.5 Å². The molecule has 0 aliphatic heterocycles. The molecule has 0 saturated heterocycles. The molecule has 0 saturated carbocycles. The highest BCUT2D eigenvalue weighted by molar-refractivity contribution is 7.99. The van der Waals surface area contributed by atoms with E-state index in [0.717, 1.165) is 6.04 Å². The maximum atomic E-state index is 12.0. The number of thioether (sulfide) groups is 1. The number of halogens is 1. The molecule has 1 N–H and O–H groups in total. The van der Waals surface area contributed by atoms with E-state index in [2.05, 4.69) is 31.0 Å². The Balaban J connectivity index is 2.15. The molecule has 13 heteroatoms. The third-order valence-electron chi connectivity index (χ3n) is 5.71. The molecule has 0 aliphatic rings. The number of methoxy groups -OCH3 is 2. The number of nitriles is 1. The fourth-order valence-electron chi connectivity index (χ4n) is 3.58. The molecule has 0 bridgehead atoms. The van der Waals surface area contributed by atoms with Crippen molar-refractivity contribution >= 4 is 48.4 Å². The Bertz CT molecular complexity index is 1360. The zero-order valence-electron chi connectivity index (χ0n) is 23.1. The monoisotopic (exact) mass is 591 g/mol. The number of benzene rings is 1. The molecule has 2 heterocycles. The minimum absolute atomic E-state index is 0.127. The van der Waals surface area contributed by atoms with Crippen LogP contribution in [0.25, 0.3) is 22.3 Å². The Morgan fingerprint density at radius 2 is 1.95 bits per heavy atom. The number of nitrogens with zero attached hydrogens (tertiary/aromatic N) is 4. The minimum Gasteiger partial charge on any atom is -0.493 e. The number of ether oxygens (including phenoxy) is 4. The largest absolute Gasteiger partial charge is 0.493 e. The van der Waals surface area contributed by atoms with Crippen LogP contribution in [0.4, 0.5) is 0 Å². The van der Waals surface area contributed by atoms with Crippen LogP contribution in [-0.4, -0.2) is 75.4 Å². The lowest BCUT2D eigenvalue weighted by atomic mass is 10.1. The number of amides is 1. The summed E-state index contributed by atoms with van der Waals surface area (Å²) in [5.41, 5.74) is 1.87. The molecule has 0 spiro atoms. The van der Waals surface area contributed by atoms with Crippen molar-refractivity contribution in [3.8, 4) is 28.8 Å². The number of carbonyl (C=O) groups excluding carboxylic acids is 1. The van der Waals surface area contributed by atoms with Gasteiger partial charge in [-0.1, -0.05) is 43.0 Å². The lowest BCUT2D eigenvalue weighted by Crippen LogP contribution is -2.22. The zero-order valence-corrected chi connectivity index (χ0v) is 25.7. The second kappa shape index (κ2) is 14.0. The van der Waals surface area contributed by atoms with Crippen LogP contribution in [0, 0.1) is 11.3 Å². The van der Waals surface area contributed by atoms with E-state index in [4.69, 9.17) is 40.5 Å². The van der Waals surface area contributed by atoms with Gasteiger partial charge in [0.25, 0.3) is 0 Å². The fraction of sp³-hybridized carbons (Fsp3) is 0.462. The van der Waals surface area contributed by atoms with E-state index in [9.17, 15) is 10.1 Å². The third kappa shape index (κ3) is 8.09. The van der Waals surface area contributed by atoms with E-state index in [1.807, 2.05) is 0 Å². The van der Waals surface area contributed by atoms with Crippen LogP contribution >= 0.6 is 23.4 Å². The average Bonchev–Trinajstić information content (AvgIpc) is 3.27. The Morgan fingerprint density at radius 1 is 1.18 bits per heavy atom. The Labute approximate surface area is 239 Å². The van der Waals surface area contributed by atoms with Crippen molar-refractivity contribution in [2.24, 2.45) is 0 Å². The maximum Gasteiger partial charge on any atom is 0.230 e. The molecule has 10 nitrogen and oxygen atoms in total. The molecule has 0 aliphatic carbocycles. The van der Waals surface area contributed by atoms with Gasteiger partial charge in [-0.15, -0.1) is 0 Å². The quantitative estimate of drug-likeness (QED) is 0.122. The van der Waals surface area contributed by atoms with Crippen LogP contribution in [0.5, 0.6) is 11.5 Å². The van der Waals surface area contributed by atoms with Gasteiger partial charge in [0.2, 0.25) is 5.91 Å². The first kappa shape index (κ1) is 30.7. The highest BCUT2D eigenvalue weighted by Crippen LogP contribution is 2.41. The molecule has 1 aromatic carbocycles. The lowest BCUT2D eigenvalue weighted by molar-refractivity contribution is -0.118. The highest BCUT2D eigenvalue weighted by Gasteiger charge is 2.23. The van der Waals surface area contributed by atoms with Crippen molar-refractivity contribution in [1.29, 1.82) is 5.26 Å². The van der Waals surface area contributed by atoms with Crippen LogP contribution in [0.1, 0.15) is 5.56 Å². The van der Waals surface area contributed by atoms with Gasteiger partial charge in [-0.05, 0) is 12.1 Å². The summed E-state index contributed by atoms with van der Waals surface area (Å²) in [4.78, 5) is 21.4. The maximum absolute atomic E-state index is 12.0.